The molecule has 2 N–H and O–H groups in total. The Balaban J connectivity index is 1.63. The van der Waals surface area contributed by atoms with Crippen LogP contribution in [0.3, 0.4) is 0 Å². The molecule has 1 unspecified atom stereocenters. The van der Waals surface area contributed by atoms with Crippen LogP contribution in [0.4, 0.5) is 4.79 Å². The Morgan fingerprint density at radius 3 is 2.19 bits per heavy atom. The number of carbonyl (C=O) groups is 2. The summed E-state index contributed by atoms with van der Waals surface area (Å²) in [5.74, 6) is -1.33. The van der Waals surface area contributed by atoms with Crippen LogP contribution in [-0.2, 0) is 19.1 Å². The van der Waals surface area contributed by atoms with Gasteiger partial charge in [-0.1, -0.05) is 48.5 Å². The molecule has 3 rings (SSSR count). The van der Waals surface area contributed by atoms with Crippen LogP contribution in [0.15, 0.2) is 48.5 Å². The Hall–Kier alpha value is -2.90. The molecule has 7 heteroatoms. The monoisotopic (exact) mass is 357 g/mol. The summed E-state index contributed by atoms with van der Waals surface area (Å²) in [6.45, 7) is -0.0791. The van der Waals surface area contributed by atoms with Crippen LogP contribution in [0.5, 0.6) is 0 Å². The first kappa shape index (κ1) is 17.9. The van der Waals surface area contributed by atoms with Gasteiger partial charge in [0.1, 0.15) is 6.61 Å². The van der Waals surface area contributed by atoms with E-state index in [1.165, 1.54) is 7.11 Å². The third-order valence-electron chi connectivity index (χ3n) is 4.22. The molecular formula is C19H19NO6. The largest absolute Gasteiger partial charge is 0.479 e. The van der Waals surface area contributed by atoms with Gasteiger partial charge in [-0.05, 0) is 22.3 Å². The van der Waals surface area contributed by atoms with E-state index >= 15 is 0 Å². The van der Waals surface area contributed by atoms with Gasteiger partial charge in [-0.3, -0.25) is 4.84 Å². The van der Waals surface area contributed by atoms with Gasteiger partial charge in [-0.2, -0.15) is 5.48 Å². The third-order valence-corrected chi connectivity index (χ3v) is 4.22. The molecule has 136 valence electrons. The lowest BCUT2D eigenvalue weighted by Gasteiger charge is -2.16. The molecule has 0 saturated carbocycles. The molecule has 0 spiro atoms. The first-order chi connectivity index (χ1) is 12.6. The summed E-state index contributed by atoms with van der Waals surface area (Å²) in [6.07, 6.45) is -2.16. The molecule has 0 saturated heterocycles. The van der Waals surface area contributed by atoms with E-state index < -0.39 is 18.2 Å². The molecule has 0 heterocycles. The summed E-state index contributed by atoms with van der Waals surface area (Å²) in [5.41, 5.74) is 6.42. The van der Waals surface area contributed by atoms with E-state index in [0.29, 0.717) is 0 Å². The number of methoxy groups -OCH3 is 1. The van der Waals surface area contributed by atoms with Crippen molar-refractivity contribution in [2.75, 3.05) is 20.3 Å². The summed E-state index contributed by atoms with van der Waals surface area (Å²) in [4.78, 5) is 27.6. The van der Waals surface area contributed by atoms with Crippen LogP contribution in [0.25, 0.3) is 11.1 Å². The molecule has 0 aliphatic heterocycles. The van der Waals surface area contributed by atoms with Crippen molar-refractivity contribution >= 4 is 12.1 Å². The average molecular weight is 357 g/mol. The van der Waals surface area contributed by atoms with Gasteiger partial charge < -0.3 is 14.6 Å². The van der Waals surface area contributed by atoms with Gasteiger partial charge in [0.25, 0.3) is 0 Å². The number of carboxylic acid groups (broad SMARTS) is 1. The van der Waals surface area contributed by atoms with Crippen molar-refractivity contribution in [1.82, 2.24) is 5.48 Å². The number of aliphatic carboxylic acids is 1. The molecule has 0 radical (unpaired) electrons. The SMILES string of the molecule is COCC(ONC(=O)OCC1c2ccccc2-c2ccccc21)C(=O)O. The van der Waals surface area contributed by atoms with E-state index in [2.05, 4.69) is 0 Å². The zero-order valence-electron chi connectivity index (χ0n) is 14.2. The van der Waals surface area contributed by atoms with E-state index in [4.69, 9.17) is 19.4 Å². The minimum atomic E-state index is -1.31. The number of amides is 1. The van der Waals surface area contributed by atoms with Gasteiger partial charge >= 0.3 is 12.1 Å². The lowest BCUT2D eigenvalue weighted by Crippen LogP contribution is -2.37. The Morgan fingerprint density at radius 1 is 1.08 bits per heavy atom. The smallest absolute Gasteiger partial charge is 0.431 e. The van der Waals surface area contributed by atoms with Crippen molar-refractivity contribution in [3.63, 3.8) is 0 Å². The summed E-state index contributed by atoms with van der Waals surface area (Å²) in [7, 11) is 1.34. The fourth-order valence-corrected chi connectivity index (χ4v) is 3.05. The Kier molecular flexibility index (Phi) is 5.50. The fourth-order valence-electron chi connectivity index (χ4n) is 3.05. The first-order valence-electron chi connectivity index (χ1n) is 8.10. The lowest BCUT2D eigenvalue weighted by atomic mass is 9.98. The number of carbonyl (C=O) groups excluding carboxylic acids is 1. The maximum Gasteiger partial charge on any atom is 0.431 e. The average Bonchev–Trinajstić information content (AvgIpc) is 2.97. The fraction of sp³-hybridized carbons (Fsp3) is 0.263. The zero-order valence-corrected chi connectivity index (χ0v) is 14.2. The van der Waals surface area contributed by atoms with E-state index in [9.17, 15) is 9.59 Å². The molecule has 2 aromatic rings. The number of benzene rings is 2. The minimum absolute atomic E-state index is 0.0811. The van der Waals surface area contributed by atoms with Gasteiger partial charge in [0, 0.05) is 13.0 Å². The van der Waals surface area contributed by atoms with E-state index in [-0.39, 0.29) is 19.1 Å². The molecule has 7 nitrogen and oxygen atoms in total. The second-order valence-electron chi connectivity index (χ2n) is 5.83. The molecule has 1 atom stereocenters. The minimum Gasteiger partial charge on any atom is -0.479 e. The van der Waals surface area contributed by atoms with Crippen LogP contribution >= 0.6 is 0 Å². The first-order valence-corrected chi connectivity index (χ1v) is 8.10. The summed E-state index contributed by atoms with van der Waals surface area (Å²) >= 11 is 0. The number of carboxylic acids is 1. The van der Waals surface area contributed by atoms with Crippen LogP contribution in [-0.4, -0.2) is 43.6 Å². The number of hydroxylamine groups is 1. The van der Waals surface area contributed by atoms with Gasteiger partial charge in [0.05, 0.1) is 6.61 Å². The second kappa shape index (κ2) is 7.99. The van der Waals surface area contributed by atoms with Crippen molar-refractivity contribution in [2.45, 2.75) is 12.0 Å². The maximum atomic E-state index is 11.9. The van der Waals surface area contributed by atoms with E-state index in [1.807, 2.05) is 54.0 Å². The van der Waals surface area contributed by atoms with Crippen molar-refractivity contribution in [1.29, 1.82) is 0 Å². The number of nitrogens with one attached hydrogen (secondary N) is 1. The van der Waals surface area contributed by atoms with Crippen molar-refractivity contribution in [3.8, 4) is 11.1 Å². The van der Waals surface area contributed by atoms with Crippen LogP contribution in [0.2, 0.25) is 0 Å². The number of rotatable bonds is 7. The predicted octanol–water partition coefficient (Wildman–Crippen LogP) is 2.56. The highest BCUT2D eigenvalue weighted by molar-refractivity contribution is 5.79. The molecule has 0 fully saturated rings. The van der Waals surface area contributed by atoms with Crippen molar-refractivity contribution < 1.29 is 29.0 Å². The highest BCUT2D eigenvalue weighted by Crippen LogP contribution is 2.44. The zero-order chi connectivity index (χ0) is 18.5. The Bertz CT molecular complexity index is 761. The quantitative estimate of drug-likeness (QED) is 0.740. The van der Waals surface area contributed by atoms with E-state index in [0.717, 1.165) is 22.3 Å². The molecule has 1 aliphatic carbocycles. The van der Waals surface area contributed by atoms with Crippen molar-refractivity contribution in [2.24, 2.45) is 0 Å². The summed E-state index contributed by atoms with van der Waals surface area (Å²) in [6, 6.07) is 15.9. The molecule has 2 aromatic carbocycles. The highest BCUT2D eigenvalue weighted by Gasteiger charge is 2.29. The predicted molar refractivity (Wildman–Crippen MR) is 92.6 cm³/mol. The lowest BCUT2D eigenvalue weighted by molar-refractivity contribution is -0.158. The topological polar surface area (TPSA) is 94.1 Å². The van der Waals surface area contributed by atoms with Crippen LogP contribution < -0.4 is 5.48 Å². The molecule has 1 aliphatic rings. The Morgan fingerprint density at radius 2 is 1.65 bits per heavy atom. The number of fused-ring (bicyclic) bond motifs is 3. The number of hydrogen-bond donors (Lipinski definition) is 2. The molecule has 1 amide bonds. The molecular weight excluding hydrogens is 338 g/mol. The van der Waals surface area contributed by atoms with Gasteiger partial charge in [0.2, 0.25) is 6.10 Å². The normalized spacial score (nSPS) is 13.6. The van der Waals surface area contributed by atoms with Crippen LogP contribution in [0.1, 0.15) is 17.0 Å². The third kappa shape index (κ3) is 3.68. The second-order valence-corrected chi connectivity index (χ2v) is 5.83. The number of ether oxygens (including phenoxy) is 2. The Labute approximate surface area is 150 Å². The molecule has 0 aromatic heterocycles. The van der Waals surface area contributed by atoms with Gasteiger partial charge in [0.15, 0.2) is 0 Å². The number of hydrogen-bond acceptors (Lipinski definition) is 5. The summed E-state index contributed by atoms with van der Waals surface area (Å²) < 4.78 is 9.96. The summed E-state index contributed by atoms with van der Waals surface area (Å²) in [5, 5.41) is 8.94. The molecule has 0 bridgehead atoms. The van der Waals surface area contributed by atoms with Crippen LogP contribution in [0, 0.1) is 0 Å². The van der Waals surface area contributed by atoms with Gasteiger partial charge in [-0.15, -0.1) is 0 Å². The van der Waals surface area contributed by atoms with E-state index in [1.54, 1.807) is 0 Å². The highest BCUT2D eigenvalue weighted by atomic mass is 16.7. The van der Waals surface area contributed by atoms with Gasteiger partial charge in [-0.25, -0.2) is 9.59 Å². The standard InChI is InChI=1S/C19H19NO6/c1-24-11-17(18(21)22)26-20-19(23)25-10-16-14-8-4-2-6-12(14)13-7-3-5-9-15(13)16/h2-9,16-17H,10-11H2,1H3,(H,20,23)(H,21,22). The van der Waals surface area contributed by atoms with Crippen molar-refractivity contribution in [3.05, 3.63) is 59.7 Å². The molecule has 26 heavy (non-hydrogen) atoms. The maximum absolute atomic E-state index is 11.9.